The van der Waals surface area contributed by atoms with Crippen LogP contribution in [0.2, 0.25) is 0 Å². The minimum absolute atomic E-state index is 0.154. The first kappa shape index (κ1) is 22.7. The molecule has 3 aromatic heterocycles. The Balaban J connectivity index is 2.06. The van der Waals surface area contributed by atoms with Gasteiger partial charge in [0.15, 0.2) is 11.4 Å². The summed E-state index contributed by atoms with van der Waals surface area (Å²) < 4.78 is 34.1. The third-order valence-corrected chi connectivity index (χ3v) is 5.09. The molecule has 0 bridgehead atoms. The second kappa shape index (κ2) is 10.5. The Morgan fingerprint density at radius 2 is 2.03 bits per heavy atom. The van der Waals surface area contributed by atoms with Crippen LogP contribution in [0.5, 0.6) is 5.88 Å². The number of aliphatic hydroxyl groups is 1. The van der Waals surface area contributed by atoms with Crippen LogP contribution in [0.15, 0.2) is 30.6 Å². The number of aromatic nitrogens is 4. The molecule has 2 N–H and O–H groups in total. The van der Waals surface area contributed by atoms with Gasteiger partial charge >= 0.3 is 6.09 Å². The molecular weight excluding hydrogens is 464 g/mol. The van der Waals surface area contributed by atoms with E-state index in [1.807, 2.05) is 0 Å². The first-order valence-corrected chi connectivity index (χ1v) is 11.5. The number of nitrogens with zero attached hydrogens (tertiary/aromatic N) is 5. The van der Waals surface area contributed by atoms with Gasteiger partial charge in [0.2, 0.25) is 5.88 Å². The molecule has 0 unspecified atom stereocenters. The zero-order chi connectivity index (χ0) is 29.2. The number of anilines is 3. The molecule has 0 spiro atoms. The largest absolute Gasteiger partial charge is 0.480 e. The number of carbonyl (C=O) groups is 2. The molecule has 194 valence electrons. The Bertz CT molecular complexity index is 1340. The Kier molecular flexibility index (Phi) is 6.62. The number of ketones is 1. The second-order valence-corrected chi connectivity index (χ2v) is 10.0. The number of pyridine rings is 1. The molecule has 0 radical (unpaired) electrons. The molecule has 0 saturated carbocycles. The first-order chi connectivity index (χ1) is 17.9. The van der Waals surface area contributed by atoms with E-state index in [9.17, 15) is 14.7 Å². The van der Waals surface area contributed by atoms with Crippen LogP contribution >= 0.6 is 0 Å². The van der Waals surface area contributed by atoms with E-state index in [2.05, 4.69) is 20.4 Å². The third-order valence-electron chi connectivity index (χ3n) is 5.09. The van der Waals surface area contributed by atoms with Crippen molar-refractivity contribution >= 4 is 34.8 Å². The zero-order valence-electron chi connectivity index (χ0n) is 24.3. The van der Waals surface area contributed by atoms with Crippen LogP contribution in [-0.4, -0.2) is 61.9 Å². The number of hydrogen-bond acceptors (Lipinski definition) is 9. The summed E-state index contributed by atoms with van der Waals surface area (Å²) in [6, 6.07) is 4.63. The average Bonchev–Trinajstić information content (AvgIpc) is 3.20. The highest BCUT2D eigenvalue weighted by molar-refractivity contribution is 6.02. The molecule has 1 amide bonds. The lowest BCUT2D eigenvalue weighted by Gasteiger charge is -2.25. The molecule has 3 aromatic rings. The third kappa shape index (κ3) is 6.69. The Hall–Kier alpha value is -3.73. The van der Waals surface area contributed by atoms with E-state index in [-0.39, 0.29) is 46.6 Å². The lowest BCUT2D eigenvalue weighted by Crippen LogP contribution is -2.35. The van der Waals surface area contributed by atoms with E-state index in [1.54, 1.807) is 46.8 Å². The summed E-state index contributed by atoms with van der Waals surface area (Å²) in [7, 11) is -1.25. The molecule has 0 aromatic carbocycles. The predicted molar refractivity (Wildman–Crippen MR) is 136 cm³/mol. The van der Waals surface area contributed by atoms with Crippen LogP contribution < -0.4 is 15.0 Å². The van der Waals surface area contributed by atoms with E-state index in [0.29, 0.717) is 12.8 Å². The molecule has 0 atom stereocenters. The quantitative estimate of drug-likeness (QED) is 0.410. The average molecular weight is 502 g/mol. The monoisotopic (exact) mass is 501 g/mol. The van der Waals surface area contributed by atoms with Crippen molar-refractivity contribution in [3.8, 4) is 5.88 Å². The van der Waals surface area contributed by atoms with Gasteiger partial charge in [-0.2, -0.15) is 9.61 Å². The number of methoxy groups -OCH3 is 1. The summed E-state index contributed by atoms with van der Waals surface area (Å²) >= 11 is 0. The molecule has 11 nitrogen and oxygen atoms in total. The molecule has 3 rings (SSSR count). The predicted octanol–water partition coefficient (Wildman–Crippen LogP) is 4.37. The van der Waals surface area contributed by atoms with E-state index in [4.69, 9.17) is 13.6 Å². The Morgan fingerprint density at radius 3 is 2.69 bits per heavy atom. The number of Topliss-reactive ketones (excluding diaryl/α,β-unsaturated/α-hetero) is 1. The topological polar surface area (TPSA) is 131 Å². The number of fused-ring (bicyclic) bond motifs is 1. The van der Waals surface area contributed by atoms with Crippen molar-refractivity contribution in [3.63, 3.8) is 0 Å². The number of nitrogens with one attached hydrogen (secondary N) is 1. The SMILES string of the molecule is [2H]C([2H])([2H])Oc1ncccc1Nc1cc(N(C)C(=O)OC(C)(C)C)n2ncc(C(=O)CCCC(C)(C)O)c2n1. The van der Waals surface area contributed by atoms with Crippen molar-refractivity contribution in [2.24, 2.45) is 0 Å². The van der Waals surface area contributed by atoms with Gasteiger partial charge in [0.25, 0.3) is 0 Å². The summed E-state index contributed by atoms with van der Waals surface area (Å²) in [6.07, 6.45) is 3.12. The van der Waals surface area contributed by atoms with Crippen molar-refractivity contribution in [1.29, 1.82) is 0 Å². The Morgan fingerprint density at radius 1 is 1.28 bits per heavy atom. The molecule has 3 heterocycles. The lowest BCUT2D eigenvalue weighted by atomic mass is 9.99. The summed E-state index contributed by atoms with van der Waals surface area (Å²) in [5, 5.41) is 17.3. The lowest BCUT2D eigenvalue weighted by molar-refractivity contribution is 0.0586. The maximum atomic E-state index is 13.1. The van der Waals surface area contributed by atoms with Crippen molar-refractivity contribution < 1.29 is 28.3 Å². The van der Waals surface area contributed by atoms with E-state index < -0.39 is 24.3 Å². The maximum absolute atomic E-state index is 13.1. The van der Waals surface area contributed by atoms with Gasteiger partial charge in [0.1, 0.15) is 22.9 Å². The minimum atomic E-state index is -2.74. The molecule has 0 aliphatic rings. The summed E-state index contributed by atoms with van der Waals surface area (Å²) in [4.78, 5) is 35.7. The van der Waals surface area contributed by atoms with Crippen molar-refractivity contribution in [3.05, 3.63) is 36.2 Å². The summed E-state index contributed by atoms with van der Waals surface area (Å²) in [6.45, 7) is 8.56. The van der Waals surface area contributed by atoms with Gasteiger partial charge in [-0.1, -0.05) is 0 Å². The summed E-state index contributed by atoms with van der Waals surface area (Å²) in [5.74, 6) is -0.0213. The fourth-order valence-electron chi connectivity index (χ4n) is 3.39. The maximum Gasteiger partial charge on any atom is 0.415 e. The number of hydrogen-bond donors (Lipinski definition) is 2. The van der Waals surface area contributed by atoms with Crippen LogP contribution in [-0.2, 0) is 4.74 Å². The van der Waals surface area contributed by atoms with Crippen molar-refractivity contribution in [2.45, 2.75) is 65.1 Å². The van der Waals surface area contributed by atoms with Gasteiger partial charge in [0, 0.05) is 25.7 Å². The minimum Gasteiger partial charge on any atom is -0.480 e. The highest BCUT2D eigenvalue weighted by Crippen LogP contribution is 2.29. The zero-order valence-corrected chi connectivity index (χ0v) is 21.3. The van der Waals surface area contributed by atoms with Crippen LogP contribution in [0.4, 0.5) is 22.1 Å². The fourth-order valence-corrected chi connectivity index (χ4v) is 3.39. The molecule has 36 heavy (non-hydrogen) atoms. The van der Waals surface area contributed by atoms with Gasteiger partial charge in [-0.15, -0.1) is 0 Å². The summed E-state index contributed by atoms with van der Waals surface area (Å²) in [5.41, 5.74) is -1.08. The highest BCUT2D eigenvalue weighted by atomic mass is 16.6. The Labute approximate surface area is 214 Å². The normalized spacial score (nSPS) is 13.5. The van der Waals surface area contributed by atoms with Gasteiger partial charge in [-0.3, -0.25) is 9.69 Å². The van der Waals surface area contributed by atoms with Gasteiger partial charge in [-0.25, -0.2) is 14.8 Å². The van der Waals surface area contributed by atoms with Gasteiger partial charge in [0.05, 0.1) is 28.5 Å². The second-order valence-electron chi connectivity index (χ2n) is 10.0. The molecule has 0 fully saturated rings. The number of rotatable bonds is 9. The number of ether oxygens (including phenoxy) is 2. The van der Waals surface area contributed by atoms with E-state index in [0.717, 1.165) is 0 Å². The smallest absolute Gasteiger partial charge is 0.415 e. The highest BCUT2D eigenvalue weighted by Gasteiger charge is 2.25. The number of amides is 1. The van der Waals surface area contributed by atoms with E-state index >= 15 is 0 Å². The molecule has 0 aliphatic heterocycles. The van der Waals surface area contributed by atoms with Crippen molar-refractivity contribution in [2.75, 3.05) is 24.3 Å². The van der Waals surface area contributed by atoms with Crippen LogP contribution in [0.1, 0.15) is 68.4 Å². The van der Waals surface area contributed by atoms with E-state index in [1.165, 1.54) is 34.9 Å². The number of carbonyl (C=O) groups excluding carboxylic acids is 2. The molecular formula is C25H34N6O5. The van der Waals surface area contributed by atoms with Crippen LogP contribution in [0.3, 0.4) is 0 Å². The van der Waals surface area contributed by atoms with Crippen LogP contribution in [0.25, 0.3) is 5.65 Å². The molecule has 11 heteroatoms. The van der Waals surface area contributed by atoms with Crippen molar-refractivity contribution in [1.82, 2.24) is 19.6 Å². The van der Waals surface area contributed by atoms with Gasteiger partial charge in [-0.05, 0) is 59.6 Å². The molecule has 0 aliphatic carbocycles. The van der Waals surface area contributed by atoms with Crippen LogP contribution in [0, 0.1) is 0 Å². The fraction of sp³-hybridized carbons (Fsp3) is 0.480. The van der Waals surface area contributed by atoms with Gasteiger partial charge < -0.3 is 19.9 Å². The molecule has 0 saturated heterocycles. The standard InChI is InChI=1S/C25H34N6O5/c1-24(2,3)36-23(33)30(6)20-14-19(28-17-10-9-13-26-22(17)35-7)29-21-16(15-27-31(20)21)18(32)11-8-12-25(4,5)34/h9-10,13-15,34H,8,11-12H2,1-7H3,(H,28,29)/i7D3. The first-order valence-electron chi connectivity index (χ1n) is 13.0.